The highest BCUT2D eigenvalue weighted by atomic mass is 79.9. The van der Waals surface area contributed by atoms with Crippen molar-refractivity contribution < 1.29 is 21.9 Å². The Morgan fingerprint density at radius 2 is 0.663 bits per heavy atom. The third-order valence-corrected chi connectivity index (χ3v) is 16.4. The molecule has 0 amide bonds. The Labute approximate surface area is 520 Å². The first kappa shape index (κ1) is 38.0. The zero-order valence-corrected chi connectivity index (χ0v) is 49.3. The molecule has 0 saturated carbocycles. The molecule has 2 heterocycles. The van der Waals surface area contributed by atoms with Crippen LogP contribution in [0.1, 0.15) is 101 Å². The number of para-hydroxylation sites is 6. The molecule has 0 aliphatic rings. The van der Waals surface area contributed by atoms with E-state index < -0.39 is 102 Å². The van der Waals surface area contributed by atoms with E-state index in [0.29, 0.717) is 50.0 Å². The molecule has 13 aromatic rings. The molecule has 0 radical (unpaired) electrons. The largest absolute Gasteiger partial charge is 0.309 e. The normalized spacial score (nSPS) is 14.9. The summed E-state index contributed by atoms with van der Waals surface area (Å²) < 4.78 is 150. The van der Waals surface area contributed by atoms with Gasteiger partial charge in [-0.25, -0.2) is 0 Å². The Morgan fingerprint density at radius 3 is 1.00 bits per heavy atom. The number of nitrogens with zero attached hydrogens (tertiary/aromatic N) is 4. The molecule has 0 bridgehead atoms. The van der Waals surface area contributed by atoms with Gasteiger partial charge in [-0.15, -0.1) is 0 Å². The van der Waals surface area contributed by atoms with Crippen molar-refractivity contribution in [1.29, 1.82) is 0 Å². The number of rotatable bonds is 10. The monoisotopic (exact) mass is 1160 g/mol. The Hall–Kier alpha value is -8.90. The SMILES string of the molecule is [2H]c1c([2H])c([2H])c2c(c1[2H])c1c([2H])c([2H])c([2H])c([2H])c1n2-c1cccc(N(c2ccccc2-c2ccc(C(C)(C)C)cc2)c2cc(C(C)(C)C)cc(N(c3cccc(-n4c5c([2H])c([2H])c([2H])c([2H])c5c5c([2H])c([2H])c([2H])c([2H])c54)c3)c3ccccc3-c3ccc(C(C)(C)C)cc3)c2Br)c1. The molecule has 4 nitrogen and oxygen atoms in total. The van der Waals surface area contributed by atoms with E-state index in [-0.39, 0.29) is 54.4 Å². The molecular weight excluding hydrogens is 1070 g/mol. The quantitative estimate of drug-likeness (QED) is 0.136. The van der Waals surface area contributed by atoms with E-state index in [4.69, 9.17) is 11.0 Å². The lowest BCUT2D eigenvalue weighted by atomic mass is 9.85. The van der Waals surface area contributed by atoms with E-state index in [9.17, 15) is 11.0 Å². The first-order valence-corrected chi connectivity index (χ1v) is 28.5. The predicted molar refractivity (Wildman–Crippen MR) is 359 cm³/mol. The molecule has 0 aliphatic heterocycles. The van der Waals surface area contributed by atoms with Crippen LogP contribution in [0.2, 0.25) is 0 Å². The van der Waals surface area contributed by atoms with Gasteiger partial charge in [-0.1, -0.05) is 232 Å². The number of anilines is 6. The molecule has 0 fully saturated rings. The number of hydrogen-bond acceptors (Lipinski definition) is 2. The van der Waals surface area contributed by atoms with E-state index in [1.54, 1.807) is 12.1 Å². The molecule has 408 valence electrons. The van der Waals surface area contributed by atoms with Crippen LogP contribution in [-0.4, -0.2) is 9.13 Å². The number of aromatic nitrogens is 2. The lowest BCUT2D eigenvalue weighted by molar-refractivity contribution is 0.590. The molecule has 2 aromatic heterocycles. The van der Waals surface area contributed by atoms with E-state index in [2.05, 4.69) is 161 Å². The molecule has 0 saturated heterocycles. The molecule has 83 heavy (non-hydrogen) atoms. The maximum Gasteiger partial charge on any atom is 0.0657 e. The van der Waals surface area contributed by atoms with E-state index in [0.717, 1.165) is 38.9 Å². The van der Waals surface area contributed by atoms with Gasteiger partial charge in [0, 0.05) is 55.4 Å². The molecule has 5 heteroatoms. The van der Waals surface area contributed by atoms with Gasteiger partial charge in [0.05, 0.1) is 71.2 Å². The molecular formula is C78H69BrN4. The summed E-state index contributed by atoms with van der Waals surface area (Å²) in [6.45, 7) is 19.3. The lowest BCUT2D eigenvalue weighted by Crippen LogP contribution is -2.19. The lowest BCUT2D eigenvalue weighted by Gasteiger charge is -2.35. The summed E-state index contributed by atoms with van der Waals surface area (Å²) in [7, 11) is 0. The molecule has 11 aromatic carbocycles. The second-order valence-corrected chi connectivity index (χ2v) is 24.8. The standard InChI is InChI=1S/C78H69BrN4/c1-76(2,3)54-44-40-52(41-45-54)61-28-10-16-34-67(61)82(59-26-22-24-57(50-59)80-69-36-18-12-30-63(69)64-31-13-19-37-70(64)80)73-48-56(78(7,8)9)49-74(75(73)79)83(68-35-17-11-29-62(68)53-42-46-55(47-43-53)77(4,5)6)60-27-23-25-58(51-60)81-71-38-20-14-32-65(71)66-33-15-21-39-72(66)81/h10-51H,1-9H3/i12D,13D,14D,15D,18D,19D,20D,21D,30D,31D,32D,33D,36D,37D,38D,39D. The molecule has 0 unspecified atom stereocenters. The highest BCUT2D eigenvalue weighted by Crippen LogP contribution is 2.53. The van der Waals surface area contributed by atoms with E-state index in [1.807, 2.05) is 72.8 Å². The Morgan fingerprint density at radius 1 is 0.337 bits per heavy atom. The summed E-state index contributed by atoms with van der Waals surface area (Å²) in [5, 5.41) is -0.218. The van der Waals surface area contributed by atoms with Crippen molar-refractivity contribution in [1.82, 2.24) is 9.13 Å². The van der Waals surface area contributed by atoms with Crippen LogP contribution in [0.25, 0.3) is 77.2 Å². The third kappa shape index (κ3) is 9.71. The van der Waals surface area contributed by atoms with Gasteiger partial charge in [0.25, 0.3) is 0 Å². The highest BCUT2D eigenvalue weighted by Gasteiger charge is 2.30. The minimum Gasteiger partial charge on any atom is -0.309 e. The third-order valence-electron chi connectivity index (χ3n) is 15.6. The average Bonchev–Trinajstić information content (AvgIpc) is 1.57. The number of fused-ring (bicyclic) bond motifs is 6. The topological polar surface area (TPSA) is 16.3 Å². The van der Waals surface area contributed by atoms with Gasteiger partial charge >= 0.3 is 0 Å². The van der Waals surface area contributed by atoms with Crippen LogP contribution in [0.3, 0.4) is 0 Å². The maximum absolute atomic E-state index is 9.48. The van der Waals surface area contributed by atoms with E-state index in [1.165, 1.54) is 9.13 Å². The zero-order chi connectivity index (χ0) is 71.3. The van der Waals surface area contributed by atoms with Crippen LogP contribution in [0.15, 0.2) is 259 Å². The Kier molecular flexibility index (Phi) is 9.53. The van der Waals surface area contributed by atoms with Gasteiger partial charge in [-0.05, 0) is 145 Å². The highest BCUT2D eigenvalue weighted by molar-refractivity contribution is 9.10. The van der Waals surface area contributed by atoms with E-state index >= 15 is 0 Å². The smallest absolute Gasteiger partial charge is 0.0657 e. The van der Waals surface area contributed by atoms with Crippen molar-refractivity contribution in [3.05, 3.63) is 276 Å². The summed E-state index contributed by atoms with van der Waals surface area (Å²) in [6.07, 6.45) is 0. The summed E-state index contributed by atoms with van der Waals surface area (Å²) in [6, 6.07) is 43.9. The van der Waals surface area contributed by atoms with Crippen molar-refractivity contribution >= 4 is 93.7 Å². The summed E-state index contributed by atoms with van der Waals surface area (Å²) in [5.41, 5.74) is 9.86. The second kappa shape index (κ2) is 20.8. The van der Waals surface area contributed by atoms with Crippen LogP contribution in [0.5, 0.6) is 0 Å². The van der Waals surface area contributed by atoms with Gasteiger partial charge < -0.3 is 18.9 Å². The molecule has 0 aliphatic carbocycles. The first-order valence-electron chi connectivity index (χ1n) is 35.7. The van der Waals surface area contributed by atoms with Crippen molar-refractivity contribution in [2.45, 2.75) is 78.6 Å². The van der Waals surface area contributed by atoms with Crippen LogP contribution in [0, 0.1) is 0 Å². The van der Waals surface area contributed by atoms with Crippen molar-refractivity contribution in [3.8, 4) is 33.6 Å². The summed E-state index contributed by atoms with van der Waals surface area (Å²) in [5.74, 6) is 0. The summed E-state index contributed by atoms with van der Waals surface area (Å²) >= 11 is 4.34. The molecule has 13 rings (SSSR count). The molecule has 0 atom stereocenters. The zero-order valence-electron chi connectivity index (χ0n) is 63.7. The minimum absolute atomic E-state index is 0.0320. The van der Waals surface area contributed by atoms with Gasteiger partial charge in [0.2, 0.25) is 0 Å². The van der Waals surface area contributed by atoms with Crippen LogP contribution < -0.4 is 9.80 Å². The van der Waals surface area contributed by atoms with Crippen LogP contribution >= 0.6 is 15.9 Å². The fourth-order valence-corrected chi connectivity index (χ4v) is 11.8. The molecule has 0 N–H and O–H groups in total. The average molecular weight is 1160 g/mol. The maximum atomic E-state index is 9.48. The van der Waals surface area contributed by atoms with Crippen molar-refractivity contribution in [3.63, 3.8) is 0 Å². The minimum atomic E-state index is -0.597. The fraction of sp³-hybridized carbons (Fsp3) is 0.154. The fourth-order valence-electron chi connectivity index (χ4n) is 11.2. The van der Waals surface area contributed by atoms with Gasteiger partial charge in [-0.3, -0.25) is 0 Å². The van der Waals surface area contributed by atoms with Crippen LogP contribution in [0.4, 0.5) is 34.1 Å². The Balaban J connectivity index is 1.15. The number of halogens is 1. The number of hydrogen-bond donors (Lipinski definition) is 0. The van der Waals surface area contributed by atoms with Gasteiger partial charge in [0.15, 0.2) is 0 Å². The van der Waals surface area contributed by atoms with Crippen LogP contribution in [-0.2, 0) is 16.2 Å². The molecule has 0 spiro atoms. The predicted octanol–water partition coefficient (Wildman–Crippen LogP) is 22.8. The van der Waals surface area contributed by atoms with Gasteiger partial charge in [-0.2, -0.15) is 0 Å². The number of benzene rings is 11. The first-order chi connectivity index (χ1) is 46.6. The summed E-state index contributed by atoms with van der Waals surface area (Å²) in [4.78, 5) is 4.23. The van der Waals surface area contributed by atoms with Gasteiger partial charge in [0.1, 0.15) is 0 Å². The van der Waals surface area contributed by atoms with Crippen molar-refractivity contribution in [2.75, 3.05) is 9.80 Å². The Bertz CT molecular complexity index is 5060. The second-order valence-electron chi connectivity index (χ2n) is 24.0. The van der Waals surface area contributed by atoms with Crippen molar-refractivity contribution in [2.24, 2.45) is 0 Å².